The zero-order valence-electron chi connectivity index (χ0n) is 28.6. The van der Waals surface area contributed by atoms with Gasteiger partial charge >= 0.3 is 0 Å². The molecule has 0 aliphatic rings. The van der Waals surface area contributed by atoms with Crippen molar-refractivity contribution in [2.45, 2.75) is 0 Å². The molecule has 2 heterocycles. The third kappa shape index (κ3) is 5.73. The van der Waals surface area contributed by atoms with Gasteiger partial charge in [-0.1, -0.05) is 170 Å². The van der Waals surface area contributed by atoms with E-state index in [-0.39, 0.29) is 0 Å². The highest BCUT2D eigenvalue weighted by Crippen LogP contribution is 2.34. The average molecular weight is 678 g/mol. The first-order valence-electron chi connectivity index (χ1n) is 17.8. The molecule has 0 unspecified atom stereocenters. The molecule has 0 aliphatic carbocycles. The molecule has 53 heavy (non-hydrogen) atoms. The van der Waals surface area contributed by atoms with Gasteiger partial charge in [0.1, 0.15) is 11.2 Å². The van der Waals surface area contributed by atoms with E-state index in [1.807, 2.05) is 42.5 Å². The van der Waals surface area contributed by atoms with Crippen molar-refractivity contribution in [2.75, 3.05) is 0 Å². The van der Waals surface area contributed by atoms with Gasteiger partial charge in [-0.25, -0.2) is 15.0 Å². The Labute approximate surface area is 306 Å². The van der Waals surface area contributed by atoms with Crippen LogP contribution in [0.25, 0.3) is 100 Å². The third-order valence-electron chi connectivity index (χ3n) is 9.98. The highest BCUT2D eigenvalue weighted by molar-refractivity contribution is 6.06. The summed E-state index contributed by atoms with van der Waals surface area (Å²) in [4.78, 5) is 14.9. The van der Waals surface area contributed by atoms with E-state index in [1.54, 1.807) is 0 Å². The highest BCUT2D eigenvalue weighted by Gasteiger charge is 2.14. The summed E-state index contributed by atoms with van der Waals surface area (Å²) >= 11 is 0. The Morgan fingerprint density at radius 3 is 1.40 bits per heavy atom. The molecule has 4 heteroatoms. The standard InChI is InChI=1S/C49H31N3O/c1-2-10-37(11-3-1)47-50-48(52-49(51-47)39-27-23-36(24-28-39)42-15-8-12-35-9-4-5-13-41(35)42)38-25-21-33(22-26-38)32-17-19-34(20-18-32)40-29-30-46-44(31-40)43-14-6-7-16-45(43)53-46/h1-31H. The fraction of sp³-hybridized carbons (Fsp3) is 0. The molecule has 4 nitrogen and oxygen atoms in total. The summed E-state index contributed by atoms with van der Waals surface area (Å²) < 4.78 is 6.04. The van der Waals surface area contributed by atoms with Crippen LogP contribution in [0.15, 0.2) is 192 Å². The van der Waals surface area contributed by atoms with Crippen molar-refractivity contribution >= 4 is 32.7 Å². The van der Waals surface area contributed by atoms with Gasteiger partial charge in [-0.3, -0.25) is 0 Å². The summed E-state index contributed by atoms with van der Waals surface area (Å²) in [5.74, 6) is 1.92. The number of rotatable bonds is 6. The summed E-state index contributed by atoms with van der Waals surface area (Å²) in [7, 11) is 0. The predicted molar refractivity (Wildman–Crippen MR) is 217 cm³/mol. The Kier molecular flexibility index (Phi) is 7.43. The second kappa shape index (κ2) is 12.9. The molecule has 0 amide bonds. The van der Waals surface area contributed by atoms with Crippen LogP contribution >= 0.6 is 0 Å². The summed E-state index contributed by atoms with van der Waals surface area (Å²) in [5.41, 5.74) is 11.6. The Bertz CT molecular complexity index is 2910. The minimum Gasteiger partial charge on any atom is -0.456 e. The summed E-state index contributed by atoms with van der Waals surface area (Å²) in [6.07, 6.45) is 0. The lowest BCUT2D eigenvalue weighted by Crippen LogP contribution is -2.00. The molecule has 0 N–H and O–H groups in total. The summed E-state index contributed by atoms with van der Waals surface area (Å²) in [5, 5.41) is 4.73. The van der Waals surface area contributed by atoms with Crippen molar-refractivity contribution in [2.24, 2.45) is 0 Å². The minimum atomic E-state index is 0.635. The molecule has 10 aromatic rings. The van der Waals surface area contributed by atoms with Crippen molar-refractivity contribution < 1.29 is 4.42 Å². The van der Waals surface area contributed by atoms with Gasteiger partial charge in [0.05, 0.1) is 0 Å². The number of fused-ring (bicyclic) bond motifs is 4. The van der Waals surface area contributed by atoms with Crippen LogP contribution in [0.3, 0.4) is 0 Å². The largest absolute Gasteiger partial charge is 0.456 e. The van der Waals surface area contributed by atoms with Gasteiger partial charge < -0.3 is 4.42 Å². The van der Waals surface area contributed by atoms with Gasteiger partial charge in [-0.2, -0.15) is 0 Å². The molecule has 248 valence electrons. The lowest BCUT2D eigenvalue weighted by Gasteiger charge is -2.11. The quantitative estimate of drug-likeness (QED) is 0.176. The van der Waals surface area contributed by atoms with E-state index in [9.17, 15) is 0 Å². The van der Waals surface area contributed by atoms with Gasteiger partial charge in [0.15, 0.2) is 17.5 Å². The van der Waals surface area contributed by atoms with Crippen LogP contribution < -0.4 is 0 Å². The van der Waals surface area contributed by atoms with E-state index in [0.717, 1.165) is 66.4 Å². The lowest BCUT2D eigenvalue weighted by molar-refractivity contribution is 0.669. The topological polar surface area (TPSA) is 51.8 Å². The van der Waals surface area contributed by atoms with Crippen molar-refractivity contribution in [1.82, 2.24) is 15.0 Å². The van der Waals surface area contributed by atoms with Crippen LogP contribution in [0.5, 0.6) is 0 Å². The second-order valence-electron chi connectivity index (χ2n) is 13.2. The van der Waals surface area contributed by atoms with Crippen LogP contribution in [0.1, 0.15) is 0 Å². The van der Waals surface area contributed by atoms with E-state index in [4.69, 9.17) is 19.4 Å². The fourth-order valence-corrected chi connectivity index (χ4v) is 7.20. The van der Waals surface area contributed by atoms with E-state index >= 15 is 0 Å². The normalized spacial score (nSPS) is 11.4. The van der Waals surface area contributed by atoms with Crippen LogP contribution in [-0.4, -0.2) is 15.0 Å². The van der Waals surface area contributed by atoms with Crippen LogP contribution in [0, 0.1) is 0 Å². The maximum atomic E-state index is 6.04. The maximum absolute atomic E-state index is 6.04. The third-order valence-corrected chi connectivity index (χ3v) is 9.98. The molecule has 10 rings (SSSR count). The molecule has 0 spiro atoms. The molecular formula is C49H31N3O. The Morgan fingerprint density at radius 1 is 0.283 bits per heavy atom. The Hall–Kier alpha value is -7.17. The second-order valence-corrected chi connectivity index (χ2v) is 13.2. The summed E-state index contributed by atoms with van der Waals surface area (Å²) in [6, 6.07) is 65.3. The molecule has 0 bridgehead atoms. The SMILES string of the molecule is c1ccc(-c2nc(-c3ccc(-c4ccc(-c5ccc6oc7ccccc7c6c5)cc4)cc3)nc(-c3ccc(-c4cccc5ccccc45)cc3)n2)cc1. The Balaban J connectivity index is 0.959. The Morgan fingerprint density at radius 2 is 0.736 bits per heavy atom. The molecular weight excluding hydrogens is 647 g/mol. The first-order chi connectivity index (χ1) is 26.2. The molecule has 2 aromatic heterocycles. The van der Waals surface area contributed by atoms with Crippen molar-refractivity contribution in [3.8, 4) is 67.5 Å². The number of benzene rings is 8. The minimum absolute atomic E-state index is 0.635. The molecule has 8 aromatic carbocycles. The first-order valence-corrected chi connectivity index (χ1v) is 17.8. The number of aromatic nitrogens is 3. The molecule has 0 saturated carbocycles. The van der Waals surface area contributed by atoms with Crippen molar-refractivity contribution in [3.05, 3.63) is 188 Å². The van der Waals surface area contributed by atoms with E-state index in [1.165, 1.54) is 16.3 Å². The van der Waals surface area contributed by atoms with E-state index in [2.05, 4.69) is 146 Å². The van der Waals surface area contributed by atoms with Gasteiger partial charge in [-0.15, -0.1) is 0 Å². The number of para-hydroxylation sites is 1. The monoisotopic (exact) mass is 677 g/mol. The number of hydrogen-bond acceptors (Lipinski definition) is 4. The zero-order chi connectivity index (χ0) is 35.1. The van der Waals surface area contributed by atoms with Crippen LogP contribution in [0.2, 0.25) is 0 Å². The molecule has 0 fully saturated rings. The zero-order valence-corrected chi connectivity index (χ0v) is 28.6. The smallest absolute Gasteiger partial charge is 0.164 e. The van der Waals surface area contributed by atoms with E-state index < -0.39 is 0 Å². The molecule has 0 atom stereocenters. The first kappa shape index (κ1) is 30.6. The van der Waals surface area contributed by atoms with Crippen molar-refractivity contribution in [1.29, 1.82) is 0 Å². The van der Waals surface area contributed by atoms with Gasteiger partial charge in [0, 0.05) is 27.5 Å². The van der Waals surface area contributed by atoms with Crippen molar-refractivity contribution in [3.63, 3.8) is 0 Å². The van der Waals surface area contributed by atoms with Crippen LogP contribution in [0.4, 0.5) is 0 Å². The molecule has 0 aliphatic heterocycles. The highest BCUT2D eigenvalue weighted by atomic mass is 16.3. The van der Waals surface area contributed by atoms with E-state index in [0.29, 0.717) is 17.5 Å². The number of furan rings is 1. The molecule has 0 radical (unpaired) electrons. The maximum Gasteiger partial charge on any atom is 0.164 e. The molecule has 0 saturated heterocycles. The van der Waals surface area contributed by atoms with Gasteiger partial charge in [0.2, 0.25) is 0 Å². The predicted octanol–water partition coefficient (Wildman–Crippen LogP) is 12.9. The number of nitrogens with zero attached hydrogens (tertiary/aromatic N) is 3. The fourth-order valence-electron chi connectivity index (χ4n) is 7.20. The average Bonchev–Trinajstić information content (AvgIpc) is 3.62. The van der Waals surface area contributed by atoms with Gasteiger partial charge in [-0.05, 0) is 62.4 Å². The number of hydrogen-bond donors (Lipinski definition) is 0. The van der Waals surface area contributed by atoms with Crippen LogP contribution in [-0.2, 0) is 0 Å². The lowest BCUT2D eigenvalue weighted by atomic mass is 9.97. The van der Waals surface area contributed by atoms with Gasteiger partial charge in [0.25, 0.3) is 0 Å². The summed E-state index contributed by atoms with van der Waals surface area (Å²) in [6.45, 7) is 0.